The second-order valence-corrected chi connectivity index (χ2v) is 6.37. The third-order valence-corrected chi connectivity index (χ3v) is 3.93. The van der Waals surface area contributed by atoms with Crippen molar-refractivity contribution in [3.05, 3.63) is 82.0 Å². The molecule has 25 heavy (non-hydrogen) atoms. The van der Waals surface area contributed by atoms with Gasteiger partial charge in [-0.2, -0.15) is 0 Å². The lowest BCUT2D eigenvalue weighted by Gasteiger charge is -2.06. The van der Waals surface area contributed by atoms with E-state index in [1.165, 1.54) is 18.2 Å². The molecule has 1 N–H and O–H groups in total. The Morgan fingerprint density at radius 2 is 2.04 bits per heavy atom. The van der Waals surface area contributed by atoms with Crippen molar-refractivity contribution in [3.8, 4) is 5.75 Å². The molecule has 4 nitrogen and oxygen atoms in total. The molecule has 0 saturated carbocycles. The van der Waals surface area contributed by atoms with Crippen LogP contribution in [0.5, 0.6) is 5.75 Å². The lowest BCUT2D eigenvalue weighted by molar-refractivity contribution is 0.0992. The van der Waals surface area contributed by atoms with Gasteiger partial charge in [0.05, 0.1) is 5.69 Å². The molecule has 3 aromatic rings. The number of carbonyl (C=O) groups is 1. The van der Waals surface area contributed by atoms with E-state index in [1.54, 1.807) is 12.1 Å². The molecule has 0 aliphatic heterocycles. The standard InChI is InChI=1S/C19H15BrFNO3/c1-12-3-2-4-14(9-12)24-11-15-6-8-18(25-15)19(23)22-17-7-5-13(20)10-16(17)21/h2-10H,11H2,1H3,(H,22,23). The first kappa shape index (κ1) is 17.2. The minimum absolute atomic E-state index is 0.0853. The fourth-order valence-electron chi connectivity index (χ4n) is 2.21. The third kappa shape index (κ3) is 4.48. The minimum atomic E-state index is -0.530. The first-order valence-electron chi connectivity index (χ1n) is 7.56. The largest absolute Gasteiger partial charge is 0.486 e. The predicted molar refractivity (Wildman–Crippen MR) is 96.3 cm³/mol. The zero-order chi connectivity index (χ0) is 17.8. The van der Waals surface area contributed by atoms with E-state index in [2.05, 4.69) is 21.2 Å². The van der Waals surface area contributed by atoms with E-state index in [-0.39, 0.29) is 18.1 Å². The van der Waals surface area contributed by atoms with Crippen LogP contribution in [-0.4, -0.2) is 5.91 Å². The molecular formula is C19H15BrFNO3. The number of carbonyl (C=O) groups excluding carboxylic acids is 1. The zero-order valence-electron chi connectivity index (χ0n) is 13.4. The van der Waals surface area contributed by atoms with Crippen LogP contribution >= 0.6 is 15.9 Å². The number of aryl methyl sites for hydroxylation is 1. The van der Waals surface area contributed by atoms with Crippen molar-refractivity contribution < 1.29 is 18.3 Å². The molecule has 1 aromatic heterocycles. The molecule has 128 valence electrons. The highest BCUT2D eigenvalue weighted by molar-refractivity contribution is 9.10. The molecule has 1 heterocycles. The Morgan fingerprint density at radius 1 is 1.20 bits per heavy atom. The van der Waals surface area contributed by atoms with Gasteiger partial charge in [0.2, 0.25) is 0 Å². The van der Waals surface area contributed by atoms with Gasteiger partial charge in [0, 0.05) is 4.47 Å². The molecule has 0 aliphatic rings. The van der Waals surface area contributed by atoms with Crippen LogP contribution in [-0.2, 0) is 6.61 Å². The first-order chi connectivity index (χ1) is 12.0. The van der Waals surface area contributed by atoms with E-state index in [4.69, 9.17) is 9.15 Å². The molecule has 0 atom stereocenters. The summed E-state index contributed by atoms with van der Waals surface area (Å²) in [4.78, 5) is 12.2. The van der Waals surface area contributed by atoms with Crippen molar-refractivity contribution in [2.75, 3.05) is 5.32 Å². The summed E-state index contributed by atoms with van der Waals surface area (Å²) < 4.78 is 25.5. The summed E-state index contributed by atoms with van der Waals surface area (Å²) in [6.07, 6.45) is 0. The molecule has 1 amide bonds. The van der Waals surface area contributed by atoms with E-state index in [0.717, 1.165) is 11.3 Å². The van der Waals surface area contributed by atoms with Crippen molar-refractivity contribution in [3.63, 3.8) is 0 Å². The maximum absolute atomic E-state index is 13.8. The smallest absolute Gasteiger partial charge is 0.291 e. The molecule has 0 saturated heterocycles. The lowest BCUT2D eigenvalue weighted by Crippen LogP contribution is -2.12. The highest BCUT2D eigenvalue weighted by Gasteiger charge is 2.14. The Labute approximate surface area is 152 Å². The second-order valence-electron chi connectivity index (χ2n) is 5.45. The van der Waals surface area contributed by atoms with E-state index in [0.29, 0.717) is 10.2 Å². The lowest BCUT2D eigenvalue weighted by atomic mass is 10.2. The summed E-state index contributed by atoms with van der Waals surface area (Å²) in [5.74, 6) is 0.257. The number of rotatable bonds is 5. The van der Waals surface area contributed by atoms with Gasteiger partial charge < -0.3 is 14.5 Å². The maximum atomic E-state index is 13.8. The summed E-state index contributed by atoms with van der Waals surface area (Å²) in [7, 11) is 0. The second kappa shape index (κ2) is 7.53. The van der Waals surface area contributed by atoms with Crippen LogP contribution in [0.3, 0.4) is 0 Å². The number of benzene rings is 2. The average Bonchev–Trinajstić information content (AvgIpc) is 3.05. The van der Waals surface area contributed by atoms with Crippen LogP contribution in [0.1, 0.15) is 21.9 Å². The van der Waals surface area contributed by atoms with Gasteiger partial charge in [-0.3, -0.25) is 4.79 Å². The summed E-state index contributed by atoms with van der Waals surface area (Å²) in [6, 6.07) is 15.2. The third-order valence-electron chi connectivity index (χ3n) is 3.44. The molecule has 2 aromatic carbocycles. The number of hydrogen-bond donors (Lipinski definition) is 1. The predicted octanol–water partition coefficient (Wildman–Crippen LogP) is 5.32. The van der Waals surface area contributed by atoms with Crippen LogP contribution in [0.2, 0.25) is 0 Å². The molecule has 0 radical (unpaired) electrons. The van der Waals surface area contributed by atoms with Gasteiger partial charge in [-0.25, -0.2) is 4.39 Å². The van der Waals surface area contributed by atoms with Gasteiger partial charge in [-0.05, 0) is 55.0 Å². The number of amides is 1. The summed E-state index contributed by atoms with van der Waals surface area (Å²) in [5.41, 5.74) is 1.18. The number of halogens is 2. The number of hydrogen-bond acceptors (Lipinski definition) is 3. The van der Waals surface area contributed by atoms with Gasteiger partial charge >= 0.3 is 0 Å². The van der Waals surface area contributed by atoms with Crippen molar-refractivity contribution in [2.45, 2.75) is 13.5 Å². The number of anilines is 1. The summed E-state index contributed by atoms with van der Waals surface area (Å²) in [5, 5.41) is 2.48. The van der Waals surface area contributed by atoms with E-state index < -0.39 is 11.7 Å². The monoisotopic (exact) mass is 403 g/mol. The van der Waals surface area contributed by atoms with Crippen molar-refractivity contribution in [1.29, 1.82) is 0 Å². The van der Waals surface area contributed by atoms with E-state index in [9.17, 15) is 9.18 Å². The average molecular weight is 404 g/mol. The Kier molecular flexibility index (Phi) is 5.19. The Morgan fingerprint density at radius 3 is 2.80 bits per heavy atom. The minimum Gasteiger partial charge on any atom is -0.486 e. The normalized spacial score (nSPS) is 10.5. The molecule has 6 heteroatoms. The van der Waals surface area contributed by atoms with Crippen LogP contribution < -0.4 is 10.1 Å². The van der Waals surface area contributed by atoms with Crippen LogP contribution in [0.25, 0.3) is 0 Å². The summed E-state index contributed by atoms with van der Waals surface area (Å²) >= 11 is 3.17. The fourth-order valence-corrected chi connectivity index (χ4v) is 2.55. The van der Waals surface area contributed by atoms with Gasteiger partial charge in [0.15, 0.2) is 5.76 Å². The fraction of sp³-hybridized carbons (Fsp3) is 0.105. The number of furan rings is 1. The quantitative estimate of drug-likeness (QED) is 0.626. The molecule has 0 unspecified atom stereocenters. The van der Waals surface area contributed by atoms with Crippen molar-refractivity contribution in [2.24, 2.45) is 0 Å². The topological polar surface area (TPSA) is 51.5 Å². The van der Waals surface area contributed by atoms with Crippen LogP contribution in [0.15, 0.2) is 63.5 Å². The van der Waals surface area contributed by atoms with Gasteiger partial charge in [0.1, 0.15) is 23.9 Å². The number of nitrogens with one attached hydrogen (secondary N) is 1. The van der Waals surface area contributed by atoms with Crippen molar-refractivity contribution >= 4 is 27.5 Å². The molecular weight excluding hydrogens is 389 g/mol. The van der Waals surface area contributed by atoms with Gasteiger partial charge in [-0.1, -0.05) is 28.1 Å². The molecule has 0 bridgehead atoms. The highest BCUT2D eigenvalue weighted by Crippen LogP contribution is 2.21. The van der Waals surface area contributed by atoms with Crippen LogP contribution in [0, 0.1) is 12.7 Å². The Hall–Kier alpha value is -2.60. The first-order valence-corrected chi connectivity index (χ1v) is 8.35. The Balaban J connectivity index is 1.63. The van der Waals surface area contributed by atoms with E-state index in [1.807, 2.05) is 31.2 Å². The SMILES string of the molecule is Cc1cccc(OCc2ccc(C(=O)Nc3ccc(Br)cc3F)o2)c1. The van der Waals surface area contributed by atoms with Crippen LogP contribution in [0.4, 0.5) is 10.1 Å². The molecule has 0 spiro atoms. The highest BCUT2D eigenvalue weighted by atomic mass is 79.9. The summed E-state index contributed by atoms with van der Waals surface area (Å²) in [6.45, 7) is 2.17. The zero-order valence-corrected chi connectivity index (χ0v) is 15.0. The molecule has 0 aliphatic carbocycles. The van der Waals surface area contributed by atoms with Gasteiger partial charge in [0.25, 0.3) is 5.91 Å². The molecule has 0 fully saturated rings. The van der Waals surface area contributed by atoms with Crippen molar-refractivity contribution in [1.82, 2.24) is 0 Å². The van der Waals surface area contributed by atoms with E-state index >= 15 is 0 Å². The maximum Gasteiger partial charge on any atom is 0.291 e. The van der Waals surface area contributed by atoms with Gasteiger partial charge in [-0.15, -0.1) is 0 Å². The number of ether oxygens (including phenoxy) is 1. The molecule has 3 rings (SSSR count). The Bertz CT molecular complexity index is 907.